The van der Waals surface area contributed by atoms with Gasteiger partial charge in [-0.1, -0.05) is 64.7 Å². The van der Waals surface area contributed by atoms with Crippen molar-refractivity contribution in [1.29, 1.82) is 0 Å². The third-order valence-corrected chi connectivity index (χ3v) is 6.81. The van der Waals surface area contributed by atoms with Gasteiger partial charge >= 0.3 is 0 Å². The van der Waals surface area contributed by atoms with Crippen LogP contribution in [-0.4, -0.2) is 33.7 Å². The van der Waals surface area contributed by atoms with E-state index in [0.29, 0.717) is 21.2 Å². The van der Waals surface area contributed by atoms with E-state index >= 15 is 0 Å². The minimum absolute atomic E-state index is 0.177. The first kappa shape index (κ1) is 28.2. The van der Waals surface area contributed by atoms with Crippen LogP contribution < -0.4 is 0 Å². The summed E-state index contributed by atoms with van der Waals surface area (Å²) in [4.78, 5) is 9.57. The summed E-state index contributed by atoms with van der Waals surface area (Å²) in [6.07, 6.45) is 3.31. The number of hydrogen-bond acceptors (Lipinski definition) is 4. The summed E-state index contributed by atoms with van der Waals surface area (Å²) in [6, 6.07) is 6.99. The Kier molecular flexibility index (Phi) is 7.92. The van der Waals surface area contributed by atoms with Gasteiger partial charge in [0.1, 0.15) is 11.5 Å². The number of halogens is 2. The van der Waals surface area contributed by atoms with E-state index in [0.717, 1.165) is 11.1 Å². The Morgan fingerprint density at radius 3 is 1.15 bits per heavy atom. The fourth-order valence-corrected chi connectivity index (χ4v) is 3.81. The number of aliphatic imine (C=N–C) groups is 2. The third-order valence-electron chi connectivity index (χ3n) is 6.37. The lowest BCUT2D eigenvalue weighted by Crippen LogP contribution is -2.42. The highest BCUT2D eigenvalue weighted by Gasteiger charge is 2.36. The second-order valence-electron chi connectivity index (χ2n) is 11.9. The number of aromatic hydroxyl groups is 2. The summed E-state index contributed by atoms with van der Waals surface area (Å²) in [5, 5.41) is 22.8. The third kappa shape index (κ3) is 6.34. The molecule has 0 bridgehead atoms. The summed E-state index contributed by atoms with van der Waals surface area (Å²) in [6.45, 7) is 20.1. The Labute approximate surface area is 214 Å². The van der Waals surface area contributed by atoms with E-state index in [1.165, 1.54) is 0 Å². The quantitative estimate of drug-likeness (QED) is 0.403. The minimum atomic E-state index is -0.638. The molecule has 6 heteroatoms. The highest BCUT2D eigenvalue weighted by Crippen LogP contribution is 2.37. The van der Waals surface area contributed by atoms with Crippen LogP contribution in [0.4, 0.5) is 0 Å². The summed E-state index contributed by atoms with van der Waals surface area (Å²) in [7, 11) is 0. The van der Waals surface area contributed by atoms with Gasteiger partial charge in [0.05, 0.1) is 11.1 Å². The Morgan fingerprint density at radius 1 is 0.588 bits per heavy atom. The molecule has 0 atom stereocenters. The second-order valence-corrected chi connectivity index (χ2v) is 12.8. The van der Waals surface area contributed by atoms with Crippen molar-refractivity contribution < 1.29 is 10.2 Å². The maximum atomic E-state index is 10.8. The number of hydrogen-bond donors (Lipinski definition) is 2. The predicted octanol–water partition coefficient (Wildman–Crippen LogP) is 8.09. The van der Waals surface area contributed by atoms with Crippen molar-refractivity contribution in [2.75, 3.05) is 0 Å². The molecule has 0 unspecified atom stereocenters. The van der Waals surface area contributed by atoms with Crippen LogP contribution in [0.15, 0.2) is 34.3 Å². The highest BCUT2D eigenvalue weighted by atomic mass is 35.5. The molecule has 0 aliphatic heterocycles. The van der Waals surface area contributed by atoms with Crippen molar-refractivity contribution >= 4 is 35.6 Å². The van der Waals surface area contributed by atoms with Crippen LogP contribution in [0.1, 0.15) is 91.5 Å². The average Bonchev–Trinajstić information content (AvgIpc) is 2.66. The minimum Gasteiger partial charge on any atom is -0.507 e. The first-order valence-electron chi connectivity index (χ1n) is 11.4. The second kappa shape index (κ2) is 9.54. The van der Waals surface area contributed by atoms with Gasteiger partial charge in [0.15, 0.2) is 0 Å². The van der Waals surface area contributed by atoms with E-state index in [9.17, 15) is 10.2 Å². The van der Waals surface area contributed by atoms with E-state index in [1.54, 1.807) is 36.7 Å². The van der Waals surface area contributed by atoms with Gasteiger partial charge in [-0.3, -0.25) is 9.98 Å². The zero-order chi connectivity index (χ0) is 26.3. The van der Waals surface area contributed by atoms with Crippen LogP contribution in [0.2, 0.25) is 10.0 Å². The van der Waals surface area contributed by atoms with Gasteiger partial charge in [0.2, 0.25) is 0 Å². The lowest BCUT2D eigenvalue weighted by Gasteiger charge is -2.35. The number of benzene rings is 2. The maximum Gasteiger partial charge on any atom is 0.128 e. The fourth-order valence-electron chi connectivity index (χ4n) is 3.36. The predicted molar refractivity (Wildman–Crippen MR) is 147 cm³/mol. The van der Waals surface area contributed by atoms with Gasteiger partial charge < -0.3 is 10.2 Å². The Bertz CT molecular complexity index is 1030. The molecule has 0 radical (unpaired) electrons. The molecule has 0 aromatic heterocycles. The summed E-state index contributed by atoms with van der Waals surface area (Å²) < 4.78 is 0. The van der Waals surface area contributed by atoms with Crippen molar-refractivity contribution in [3.05, 3.63) is 56.6 Å². The van der Waals surface area contributed by atoms with Gasteiger partial charge in [-0.05, 0) is 62.8 Å². The molecule has 0 fully saturated rings. The van der Waals surface area contributed by atoms with Crippen LogP contribution >= 0.6 is 23.2 Å². The molecule has 2 aromatic carbocycles. The van der Waals surface area contributed by atoms with Gasteiger partial charge in [0, 0.05) is 44.7 Å². The molecular formula is C28H38Cl2N2O2. The smallest absolute Gasteiger partial charge is 0.128 e. The molecule has 2 rings (SSSR count). The monoisotopic (exact) mass is 504 g/mol. The molecule has 0 saturated heterocycles. The molecule has 0 saturated carbocycles. The van der Waals surface area contributed by atoms with Crippen molar-refractivity contribution in [2.24, 2.45) is 9.98 Å². The standard InChI is InChI=1S/C28H38Cl2N2O2/c1-25(2,3)21-13-19(29)11-17(23(21)33)15-31-27(7,8)28(9,10)32-16-18-12-20(30)14-22(24(18)34)26(4,5)6/h11-16,33-34H,1-10H3. The number of phenols is 2. The highest BCUT2D eigenvalue weighted by molar-refractivity contribution is 6.31. The average molecular weight is 506 g/mol. The lowest BCUT2D eigenvalue weighted by molar-refractivity contribution is 0.317. The fraction of sp³-hybridized carbons (Fsp3) is 0.500. The van der Waals surface area contributed by atoms with Gasteiger partial charge in [-0.25, -0.2) is 0 Å². The van der Waals surface area contributed by atoms with Crippen LogP contribution in [0.5, 0.6) is 11.5 Å². The van der Waals surface area contributed by atoms with E-state index in [-0.39, 0.29) is 22.3 Å². The van der Waals surface area contributed by atoms with Crippen LogP contribution in [0.3, 0.4) is 0 Å². The van der Waals surface area contributed by atoms with Crippen molar-refractivity contribution in [3.63, 3.8) is 0 Å². The molecule has 2 aromatic rings. The molecule has 0 amide bonds. The molecule has 0 spiro atoms. The van der Waals surface area contributed by atoms with E-state index in [4.69, 9.17) is 33.2 Å². The first-order valence-corrected chi connectivity index (χ1v) is 12.2. The number of phenolic OH excluding ortho intramolecular Hbond substituents is 2. The molecule has 2 N–H and O–H groups in total. The number of nitrogens with zero attached hydrogens (tertiary/aromatic N) is 2. The Hall–Kier alpha value is -2.04. The summed E-state index contributed by atoms with van der Waals surface area (Å²) >= 11 is 12.7. The number of rotatable bonds is 5. The molecule has 34 heavy (non-hydrogen) atoms. The van der Waals surface area contributed by atoms with Gasteiger partial charge in [-0.15, -0.1) is 0 Å². The maximum absolute atomic E-state index is 10.8. The van der Waals surface area contributed by atoms with Crippen molar-refractivity contribution in [2.45, 2.75) is 91.1 Å². The molecular weight excluding hydrogens is 467 g/mol. The Balaban J connectivity index is 2.43. The molecule has 0 heterocycles. The first-order chi connectivity index (χ1) is 15.3. The molecule has 0 aliphatic rings. The largest absolute Gasteiger partial charge is 0.507 e. The van der Waals surface area contributed by atoms with Gasteiger partial charge in [0.25, 0.3) is 0 Å². The lowest BCUT2D eigenvalue weighted by atomic mass is 9.83. The zero-order valence-electron chi connectivity index (χ0n) is 22.0. The molecule has 186 valence electrons. The van der Waals surface area contributed by atoms with E-state index < -0.39 is 11.1 Å². The molecule has 0 aliphatic carbocycles. The normalized spacial score (nSPS) is 13.9. The van der Waals surface area contributed by atoms with Crippen LogP contribution in [0.25, 0.3) is 0 Å². The summed E-state index contributed by atoms with van der Waals surface area (Å²) in [5.41, 5.74) is 0.858. The molecule has 4 nitrogen and oxygen atoms in total. The zero-order valence-corrected chi connectivity index (χ0v) is 23.5. The van der Waals surface area contributed by atoms with Crippen LogP contribution in [-0.2, 0) is 10.8 Å². The summed E-state index contributed by atoms with van der Waals surface area (Å²) in [5.74, 6) is 0.354. The van der Waals surface area contributed by atoms with Crippen molar-refractivity contribution in [1.82, 2.24) is 0 Å². The topological polar surface area (TPSA) is 65.2 Å². The van der Waals surface area contributed by atoms with E-state index in [1.807, 2.05) is 69.2 Å². The Morgan fingerprint density at radius 2 is 0.882 bits per heavy atom. The van der Waals surface area contributed by atoms with Crippen LogP contribution in [0, 0.1) is 0 Å². The van der Waals surface area contributed by atoms with Gasteiger partial charge in [-0.2, -0.15) is 0 Å². The van der Waals surface area contributed by atoms with E-state index in [2.05, 4.69) is 0 Å². The van der Waals surface area contributed by atoms with Crippen molar-refractivity contribution in [3.8, 4) is 11.5 Å². The SMILES string of the molecule is CC(C)(C)c1cc(Cl)cc(C=NC(C)(C)C(C)(C)N=Cc2cc(Cl)cc(C(C)(C)C)c2O)c1O.